The van der Waals surface area contributed by atoms with Gasteiger partial charge in [0.15, 0.2) is 0 Å². The summed E-state index contributed by atoms with van der Waals surface area (Å²) in [5.74, 6) is -0.334. The molecule has 20 heavy (non-hydrogen) atoms. The predicted molar refractivity (Wildman–Crippen MR) is 74.2 cm³/mol. The molecule has 0 aromatic rings. The average Bonchev–Trinajstić information content (AvgIpc) is 2.42. The Labute approximate surface area is 119 Å². The van der Waals surface area contributed by atoms with E-state index in [9.17, 15) is 9.59 Å². The Bertz CT molecular complexity index is 420. The molecule has 0 bridgehead atoms. The van der Waals surface area contributed by atoms with Crippen molar-refractivity contribution in [1.29, 1.82) is 0 Å². The molecule has 6 nitrogen and oxygen atoms in total. The van der Waals surface area contributed by atoms with E-state index in [4.69, 9.17) is 4.74 Å². The highest BCUT2D eigenvalue weighted by atomic mass is 16.5. The van der Waals surface area contributed by atoms with E-state index in [2.05, 4.69) is 17.6 Å². The second-order valence-electron chi connectivity index (χ2n) is 5.47. The van der Waals surface area contributed by atoms with Crippen molar-refractivity contribution in [2.45, 2.75) is 39.2 Å². The third kappa shape index (κ3) is 3.50. The molecule has 2 amide bonds. The monoisotopic (exact) mass is 282 g/mol. The van der Waals surface area contributed by atoms with Crippen LogP contribution in [0.5, 0.6) is 0 Å². The highest BCUT2D eigenvalue weighted by Gasteiger charge is 2.29. The van der Waals surface area contributed by atoms with Gasteiger partial charge in [-0.05, 0) is 33.1 Å². The SMILES string of the molecule is CCOC(=O)C1=C(C[NH+]2CCCC[C@@H]2C)NC(=O)NC1. The van der Waals surface area contributed by atoms with Crippen LogP contribution in [-0.4, -0.2) is 44.3 Å². The van der Waals surface area contributed by atoms with Crippen LogP contribution in [0.3, 0.4) is 0 Å². The van der Waals surface area contributed by atoms with E-state index in [0.29, 0.717) is 24.8 Å². The number of carbonyl (C=O) groups excluding carboxylic acids is 2. The fourth-order valence-corrected chi connectivity index (χ4v) is 2.84. The van der Waals surface area contributed by atoms with Crippen LogP contribution in [-0.2, 0) is 9.53 Å². The fraction of sp³-hybridized carbons (Fsp3) is 0.714. The van der Waals surface area contributed by atoms with E-state index in [1.54, 1.807) is 6.92 Å². The summed E-state index contributed by atoms with van der Waals surface area (Å²) >= 11 is 0. The van der Waals surface area contributed by atoms with Gasteiger partial charge in [-0.2, -0.15) is 0 Å². The Balaban J connectivity index is 2.13. The quantitative estimate of drug-likeness (QED) is 0.613. The molecule has 2 rings (SSSR count). The molecular formula is C14H24N3O3+. The summed E-state index contributed by atoms with van der Waals surface area (Å²) in [6, 6.07) is 0.323. The van der Waals surface area contributed by atoms with Crippen LogP contribution in [0.25, 0.3) is 0 Å². The predicted octanol–water partition coefficient (Wildman–Crippen LogP) is -0.426. The Kier molecular flexibility index (Phi) is 5.00. The average molecular weight is 282 g/mol. The molecule has 2 atom stereocenters. The molecule has 3 N–H and O–H groups in total. The zero-order chi connectivity index (χ0) is 14.5. The number of esters is 1. The zero-order valence-corrected chi connectivity index (χ0v) is 12.3. The number of nitrogens with one attached hydrogen (secondary N) is 3. The number of amides is 2. The van der Waals surface area contributed by atoms with Gasteiger partial charge >= 0.3 is 12.0 Å². The molecular weight excluding hydrogens is 258 g/mol. The minimum atomic E-state index is -0.334. The van der Waals surface area contributed by atoms with Crippen LogP contribution in [0, 0.1) is 0 Å². The summed E-state index contributed by atoms with van der Waals surface area (Å²) in [6.45, 7) is 6.37. The molecule has 1 saturated heterocycles. The second-order valence-corrected chi connectivity index (χ2v) is 5.47. The minimum absolute atomic E-state index is 0.239. The Morgan fingerprint density at radius 3 is 2.95 bits per heavy atom. The molecule has 2 aliphatic heterocycles. The van der Waals surface area contributed by atoms with Crippen molar-refractivity contribution in [3.63, 3.8) is 0 Å². The van der Waals surface area contributed by atoms with Crippen molar-refractivity contribution in [3.05, 3.63) is 11.3 Å². The number of ether oxygens (including phenoxy) is 1. The number of urea groups is 1. The van der Waals surface area contributed by atoms with Gasteiger partial charge in [-0.25, -0.2) is 9.59 Å². The van der Waals surface area contributed by atoms with E-state index in [1.165, 1.54) is 24.2 Å². The van der Waals surface area contributed by atoms with Crippen LogP contribution in [0.1, 0.15) is 33.1 Å². The van der Waals surface area contributed by atoms with Gasteiger partial charge in [0.05, 0.1) is 37.0 Å². The van der Waals surface area contributed by atoms with Gasteiger partial charge in [0.1, 0.15) is 6.54 Å². The lowest BCUT2D eigenvalue weighted by Crippen LogP contribution is -3.16. The zero-order valence-electron chi connectivity index (χ0n) is 12.3. The van der Waals surface area contributed by atoms with E-state index in [0.717, 1.165) is 12.2 Å². The van der Waals surface area contributed by atoms with Gasteiger partial charge in [-0.3, -0.25) is 0 Å². The third-order valence-corrected chi connectivity index (χ3v) is 4.06. The summed E-state index contributed by atoms with van der Waals surface area (Å²) in [4.78, 5) is 24.9. The maximum atomic E-state index is 12.0. The molecule has 1 fully saturated rings. The molecule has 0 radical (unpaired) electrons. The Morgan fingerprint density at radius 2 is 2.25 bits per heavy atom. The maximum absolute atomic E-state index is 12.0. The lowest BCUT2D eigenvalue weighted by molar-refractivity contribution is -0.924. The van der Waals surface area contributed by atoms with Crippen molar-refractivity contribution >= 4 is 12.0 Å². The van der Waals surface area contributed by atoms with Gasteiger partial charge < -0.3 is 20.3 Å². The first-order valence-electron chi connectivity index (χ1n) is 7.40. The molecule has 1 unspecified atom stereocenters. The van der Waals surface area contributed by atoms with Crippen LogP contribution in [0.15, 0.2) is 11.3 Å². The van der Waals surface area contributed by atoms with E-state index in [-0.39, 0.29) is 18.5 Å². The normalized spacial score (nSPS) is 26.8. The van der Waals surface area contributed by atoms with E-state index >= 15 is 0 Å². The second kappa shape index (κ2) is 6.74. The molecule has 0 aliphatic carbocycles. The summed E-state index contributed by atoms with van der Waals surface area (Å²) in [7, 11) is 0. The maximum Gasteiger partial charge on any atom is 0.337 e. The topological polar surface area (TPSA) is 71.9 Å². The number of piperidine rings is 1. The van der Waals surface area contributed by atoms with Crippen LogP contribution >= 0.6 is 0 Å². The number of carbonyl (C=O) groups is 2. The highest BCUT2D eigenvalue weighted by molar-refractivity contribution is 5.93. The molecule has 0 spiro atoms. The van der Waals surface area contributed by atoms with Gasteiger partial charge in [0, 0.05) is 0 Å². The van der Waals surface area contributed by atoms with Gasteiger partial charge in [-0.1, -0.05) is 0 Å². The first-order valence-corrected chi connectivity index (χ1v) is 7.40. The smallest absolute Gasteiger partial charge is 0.337 e. The van der Waals surface area contributed by atoms with Gasteiger partial charge in [-0.15, -0.1) is 0 Å². The van der Waals surface area contributed by atoms with Crippen molar-refractivity contribution in [3.8, 4) is 0 Å². The summed E-state index contributed by atoms with van der Waals surface area (Å²) < 4.78 is 5.07. The number of hydrogen-bond acceptors (Lipinski definition) is 3. The Hall–Kier alpha value is -1.56. The van der Waals surface area contributed by atoms with Crippen LogP contribution < -0.4 is 15.5 Å². The first-order chi connectivity index (χ1) is 9.61. The van der Waals surface area contributed by atoms with Crippen molar-refractivity contribution < 1.29 is 19.2 Å². The molecule has 6 heteroatoms. The standard InChI is InChI=1S/C14H23N3O3/c1-3-20-13(18)11-8-15-14(19)16-12(11)9-17-7-5-4-6-10(17)2/h10H,3-9H2,1-2H3,(H2,15,16,19)/p+1/t10-/m0/s1. The van der Waals surface area contributed by atoms with Crippen molar-refractivity contribution in [2.24, 2.45) is 0 Å². The third-order valence-electron chi connectivity index (χ3n) is 4.06. The lowest BCUT2D eigenvalue weighted by Gasteiger charge is -2.32. The van der Waals surface area contributed by atoms with Crippen LogP contribution in [0.2, 0.25) is 0 Å². The van der Waals surface area contributed by atoms with Gasteiger partial charge in [0.25, 0.3) is 0 Å². The van der Waals surface area contributed by atoms with Gasteiger partial charge in [0.2, 0.25) is 0 Å². The molecule has 0 saturated carbocycles. The number of rotatable bonds is 4. The first kappa shape index (κ1) is 14.8. The summed E-state index contributed by atoms with van der Waals surface area (Å²) in [5, 5.41) is 5.41. The largest absolute Gasteiger partial charge is 0.463 e. The molecule has 0 aromatic carbocycles. The van der Waals surface area contributed by atoms with Crippen LogP contribution in [0.4, 0.5) is 4.79 Å². The Morgan fingerprint density at radius 1 is 1.45 bits per heavy atom. The van der Waals surface area contributed by atoms with Crippen molar-refractivity contribution in [1.82, 2.24) is 10.6 Å². The highest BCUT2D eigenvalue weighted by Crippen LogP contribution is 2.08. The summed E-state index contributed by atoms with van der Waals surface area (Å²) in [5.41, 5.74) is 1.27. The fourth-order valence-electron chi connectivity index (χ4n) is 2.84. The molecule has 2 heterocycles. The number of quaternary nitrogens is 1. The van der Waals surface area contributed by atoms with Crippen molar-refractivity contribution in [2.75, 3.05) is 26.2 Å². The number of likely N-dealkylation sites (tertiary alicyclic amines) is 1. The van der Waals surface area contributed by atoms with E-state index < -0.39 is 0 Å². The summed E-state index contributed by atoms with van der Waals surface area (Å²) in [6.07, 6.45) is 3.67. The molecule has 112 valence electrons. The molecule has 2 aliphatic rings. The van der Waals surface area contributed by atoms with E-state index in [1.807, 2.05) is 0 Å². The lowest BCUT2D eigenvalue weighted by atomic mass is 10.0. The molecule has 0 aromatic heterocycles. The minimum Gasteiger partial charge on any atom is -0.463 e. The number of hydrogen-bond donors (Lipinski definition) is 3.